The summed E-state index contributed by atoms with van der Waals surface area (Å²) in [5.74, 6) is 0.229. The Bertz CT molecular complexity index is 94.9. The van der Waals surface area contributed by atoms with Gasteiger partial charge in [-0.3, -0.25) is 0 Å². The van der Waals surface area contributed by atoms with Gasteiger partial charge in [0.25, 0.3) is 0 Å². The van der Waals surface area contributed by atoms with Gasteiger partial charge in [0.2, 0.25) is 0 Å². The molecule has 0 rings (SSSR count). The topological polar surface area (TPSA) is 0 Å². The van der Waals surface area contributed by atoms with Gasteiger partial charge in [-0.25, -0.2) is 0 Å². The molecule has 0 heterocycles. The highest BCUT2D eigenvalue weighted by Crippen LogP contribution is 2.15. The van der Waals surface area contributed by atoms with Crippen LogP contribution < -0.4 is 0 Å². The highest BCUT2D eigenvalue weighted by atomic mass is 35.5. The molecule has 0 saturated carbocycles. The van der Waals surface area contributed by atoms with Gasteiger partial charge in [0.05, 0.1) is 0 Å². The third kappa shape index (κ3) is 7.82. The normalized spacial score (nSPS) is 12.9. The van der Waals surface area contributed by atoms with Gasteiger partial charge in [0.15, 0.2) is 0 Å². The largest absolute Gasteiger partial charge is 0.409 e. The lowest BCUT2D eigenvalue weighted by Crippen LogP contribution is -2.00. The van der Waals surface area contributed by atoms with Crippen molar-refractivity contribution < 1.29 is 13.2 Å². The molecule has 0 amide bonds. The highest BCUT2D eigenvalue weighted by Gasteiger charge is 2.21. The summed E-state index contributed by atoms with van der Waals surface area (Å²) in [5.41, 5.74) is 0. The summed E-state index contributed by atoms with van der Waals surface area (Å²) in [4.78, 5) is 0. The van der Waals surface area contributed by atoms with Gasteiger partial charge in [-0.2, -0.15) is 13.2 Å². The summed E-state index contributed by atoms with van der Waals surface area (Å²) in [5, 5.41) is 0. The van der Waals surface area contributed by atoms with E-state index in [0.29, 0.717) is 0 Å². The second-order valence-corrected chi connectivity index (χ2v) is 1.80. The molecule has 9 heavy (non-hydrogen) atoms. The van der Waals surface area contributed by atoms with Gasteiger partial charge in [0.1, 0.15) is 0 Å². The van der Waals surface area contributed by atoms with E-state index in [1.807, 2.05) is 0 Å². The fourth-order valence-corrected chi connectivity index (χ4v) is 0.406. The summed E-state index contributed by atoms with van der Waals surface area (Å²) in [6.45, 7) is 0. The van der Waals surface area contributed by atoms with Crippen molar-refractivity contribution in [2.75, 3.05) is 5.88 Å². The zero-order valence-electron chi connectivity index (χ0n) is 4.58. The van der Waals surface area contributed by atoms with Crippen molar-refractivity contribution in [1.29, 1.82) is 0 Å². The fraction of sp³-hybridized carbons (Fsp3) is 0.600. The van der Waals surface area contributed by atoms with E-state index in [-0.39, 0.29) is 18.4 Å². The van der Waals surface area contributed by atoms with E-state index in [2.05, 4.69) is 0 Å². The van der Waals surface area contributed by atoms with E-state index >= 15 is 0 Å². The zero-order chi connectivity index (χ0) is 7.33. The molecular weight excluding hydrogens is 153 g/mol. The molecule has 0 unspecified atom stereocenters. The van der Waals surface area contributed by atoms with Crippen LogP contribution in [0.4, 0.5) is 13.2 Å². The Balaban J connectivity index is 3.45. The average molecular weight is 159 g/mol. The van der Waals surface area contributed by atoms with E-state index in [4.69, 9.17) is 11.6 Å². The first-order valence-corrected chi connectivity index (χ1v) is 2.90. The Morgan fingerprint density at radius 2 is 1.89 bits per heavy atom. The van der Waals surface area contributed by atoms with E-state index in [1.165, 1.54) is 0 Å². The van der Waals surface area contributed by atoms with Crippen LogP contribution in [0.5, 0.6) is 0 Å². The second kappa shape index (κ2) is 3.77. The number of halogens is 4. The minimum Gasteiger partial charge on any atom is -0.167 e. The Labute approximate surface area is 56.3 Å². The molecular formula is C5H6ClF3. The lowest BCUT2D eigenvalue weighted by Gasteiger charge is -1.95. The Kier molecular flexibility index (Phi) is 3.70. The molecule has 0 spiro atoms. The minimum atomic E-state index is -4.19. The zero-order valence-corrected chi connectivity index (χ0v) is 5.34. The lowest BCUT2D eigenvalue weighted by molar-refractivity contribution is -0.0800. The summed E-state index contributed by atoms with van der Waals surface area (Å²) in [6.07, 6.45) is -2.73. The Morgan fingerprint density at radius 3 is 2.22 bits per heavy atom. The molecule has 0 aromatic heterocycles. The van der Waals surface area contributed by atoms with Gasteiger partial charge in [-0.05, 0) is 6.42 Å². The van der Waals surface area contributed by atoms with Crippen molar-refractivity contribution in [2.24, 2.45) is 0 Å². The molecule has 0 radical (unpaired) electrons. The van der Waals surface area contributed by atoms with Crippen LogP contribution in [0.15, 0.2) is 12.2 Å². The maximum Gasteiger partial charge on any atom is 0.409 e. The molecule has 0 aliphatic carbocycles. The van der Waals surface area contributed by atoms with Crippen LogP contribution in [0.3, 0.4) is 0 Å². The van der Waals surface area contributed by atoms with Gasteiger partial charge in [-0.15, -0.1) is 11.6 Å². The molecule has 0 aromatic carbocycles. The first kappa shape index (κ1) is 8.82. The van der Waals surface area contributed by atoms with Crippen LogP contribution in [0.1, 0.15) is 6.42 Å². The van der Waals surface area contributed by atoms with Crippen LogP contribution in [0.25, 0.3) is 0 Å². The number of hydrogen-bond acceptors (Lipinski definition) is 0. The van der Waals surface area contributed by atoms with Crippen LogP contribution in [-0.4, -0.2) is 12.1 Å². The standard InChI is InChI=1S/C5H6ClF3/c6-4-2-1-3-5(7,8)9/h1,3H,2,4H2/b3-1+. The van der Waals surface area contributed by atoms with Crippen molar-refractivity contribution in [3.63, 3.8) is 0 Å². The molecule has 0 N–H and O–H groups in total. The fourth-order valence-electron chi connectivity index (χ4n) is 0.280. The molecule has 0 atom stereocenters. The molecule has 4 heteroatoms. The van der Waals surface area contributed by atoms with E-state index < -0.39 is 6.18 Å². The highest BCUT2D eigenvalue weighted by molar-refractivity contribution is 6.17. The van der Waals surface area contributed by atoms with Crippen LogP contribution in [0.2, 0.25) is 0 Å². The monoisotopic (exact) mass is 158 g/mol. The number of hydrogen-bond donors (Lipinski definition) is 0. The predicted octanol–water partition coefficient (Wildman–Crippen LogP) is 2.73. The number of alkyl halides is 4. The van der Waals surface area contributed by atoms with Crippen LogP contribution in [0, 0.1) is 0 Å². The molecule has 0 aliphatic heterocycles. The summed E-state index contributed by atoms with van der Waals surface area (Å²) in [6, 6.07) is 0. The first-order chi connectivity index (χ1) is 4.06. The number of allylic oxidation sites excluding steroid dienone is 2. The second-order valence-electron chi connectivity index (χ2n) is 1.42. The average Bonchev–Trinajstić information content (AvgIpc) is 1.63. The predicted molar refractivity (Wildman–Crippen MR) is 30.5 cm³/mol. The van der Waals surface area contributed by atoms with Crippen molar-refractivity contribution in [1.82, 2.24) is 0 Å². The van der Waals surface area contributed by atoms with E-state index in [0.717, 1.165) is 6.08 Å². The van der Waals surface area contributed by atoms with E-state index in [9.17, 15) is 13.2 Å². The molecule has 0 aromatic rings. The maximum absolute atomic E-state index is 11.2. The molecule has 54 valence electrons. The quantitative estimate of drug-likeness (QED) is 0.428. The maximum atomic E-state index is 11.2. The SMILES string of the molecule is FC(F)(F)/C=C/CCCl. The smallest absolute Gasteiger partial charge is 0.167 e. The summed E-state index contributed by atoms with van der Waals surface area (Å²) >= 11 is 5.11. The Morgan fingerprint density at radius 1 is 1.33 bits per heavy atom. The number of rotatable bonds is 2. The van der Waals surface area contributed by atoms with Crippen molar-refractivity contribution in [3.8, 4) is 0 Å². The Hall–Kier alpha value is -0.180. The summed E-state index contributed by atoms with van der Waals surface area (Å²) < 4.78 is 33.7. The minimum absolute atomic E-state index is 0.190. The van der Waals surface area contributed by atoms with Crippen LogP contribution in [-0.2, 0) is 0 Å². The molecule has 0 fully saturated rings. The third-order valence-electron chi connectivity index (χ3n) is 0.583. The van der Waals surface area contributed by atoms with Crippen molar-refractivity contribution in [2.45, 2.75) is 12.6 Å². The van der Waals surface area contributed by atoms with Gasteiger partial charge in [0, 0.05) is 12.0 Å². The van der Waals surface area contributed by atoms with Gasteiger partial charge < -0.3 is 0 Å². The van der Waals surface area contributed by atoms with Gasteiger partial charge in [-0.1, -0.05) is 6.08 Å². The van der Waals surface area contributed by atoms with E-state index in [1.54, 1.807) is 0 Å². The lowest BCUT2D eigenvalue weighted by atomic mass is 10.4. The summed E-state index contributed by atoms with van der Waals surface area (Å²) in [7, 11) is 0. The molecule has 0 saturated heterocycles. The van der Waals surface area contributed by atoms with Crippen molar-refractivity contribution in [3.05, 3.63) is 12.2 Å². The third-order valence-corrected chi connectivity index (χ3v) is 0.801. The first-order valence-electron chi connectivity index (χ1n) is 2.36. The molecule has 0 aliphatic rings. The molecule has 0 nitrogen and oxygen atoms in total. The van der Waals surface area contributed by atoms with Crippen LogP contribution >= 0.6 is 11.6 Å². The molecule has 0 bridgehead atoms. The van der Waals surface area contributed by atoms with Gasteiger partial charge >= 0.3 is 6.18 Å². The van der Waals surface area contributed by atoms with Crippen molar-refractivity contribution >= 4 is 11.6 Å².